The highest BCUT2D eigenvalue weighted by Gasteiger charge is 2.21. The van der Waals surface area contributed by atoms with Crippen molar-refractivity contribution in [3.05, 3.63) is 58.0 Å². The Bertz CT molecular complexity index is 638. The van der Waals surface area contributed by atoms with Crippen LogP contribution in [-0.4, -0.2) is 10.9 Å². The Morgan fingerprint density at radius 1 is 1.00 bits per heavy atom. The van der Waals surface area contributed by atoms with Crippen molar-refractivity contribution in [1.29, 1.82) is 0 Å². The van der Waals surface area contributed by atoms with E-state index in [1.165, 1.54) is 6.07 Å². The fraction of sp³-hybridized carbons (Fsp3) is 0.0769. The molecule has 0 saturated heterocycles. The molecule has 0 atom stereocenters. The maximum absolute atomic E-state index is 11.5. The number of amides is 1. The van der Waals surface area contributed by atoms with Crippen LogP contribution in [0.25, 0.3) is 11.1 Å². The van der Waals surface area contributed by atoms with Gasteiger partial charge in [-0.25, -0.2) is 0 Å². The van der Waals surface area contributed by atoms with Crippen LogP contribution in [0.1, 0.15) is 15.9 Å². The van der Waals surface area contributed by atoms with Crippen molar-refractivity contribution in [3.8, 4) is 11.1 Å². The lowest BCUT2D eigenvalue weighted by molar-refractivity contribution is 0.0966. The second-order valence-electron chi connectivity index (χ2n) is 3.96. The van der Waals surface area contributed by atoms with E-state index in [4.69, 9.17) is 0 Å². The highest BCUT2D eigenvalue weighted by Crippen LogP contribution is 2.28. The SMILES string of the molecule is O=C1NCc2c1cccc2-c1ccc(=O)[nH]c1. The van der Waals surface area contributed by atoms with Crippen molar-refractivity contribution in [3.63, 3.8) is 0 Å². The second-order valence-corrected chi connectivity index (χ2v) is 3.96. The van der Waals surface area contributed by atoms with Gasteiger partial charge in [-0.05, 0) is 28.8 Å². The highest BCUT2D eigenvalue weighted by molar-refractivity contribution is 6.00. The van der Waals surface area contributed by atoms with Crippen LogP contribution in [0, 0.1) is 0 Å². The Kier molecular flexibility index (Phi) is 2.08. The molecule has 3 rings (SSSR count). The predicted molar refractivity (Wildman–Crippen MR) is 63.7 cm³/mol. The number of carbonyl (C=O) groups is 1. The van der Waals surface area contributed by atoms with Gasteiger partial charge in [-0.1, -0.05) is 12.1 Å². The molecule has 1 aliphatic rings. The van der Waals surface area contributed by atoms with Crippen molar-refractivity contribution in [2.45, 2.75) is 6.54 Å². The number of hydrogen-bond acceptors (Lipinski definition) is 2. The van der Waals surface area contributed by atoms with E-state index in [0.717, 1.165) is 16.7 Å². The van der Waals surface area contributed by atoms with Gasteiger partial charge in [-0.2, -0.15) is 0 Å². The van der Waals surface area contributed by atoms with E-state index in [1.807, 2.05) is 18.2 Å². The van der Waals surface area contributed by atoms with Gasteiger partial charge in [0.15, 0.2) is 0 Å². The van der Waals surface area contributed by atoms with E-state index in [0.29, 0.717) is 12.1 Å². The maximum Gasteiger partial charge on any atom is 0.251 e. The quantitative estimate of drug-likeness (QED) is 0.769. The zero-order valence-electron chi connectivity index (χ0n) is 8.99. The maximum atomic E-state index is 11.5. The van der Waals surface area contributed by atoms with Gasteiger partial charge in [0.2, 0.25) is 5.56 Å². The first-order valence-corrected chi connectivity index (χ1v) is 5.35. The number of aromatic amines is 1. The molecule has 4 nitrogen and oxygen atoms in total. The Balaban J connectivity index is 2.19. The first-order chi connectivity index (χ1) is 8.25. The Morgan fingerprint density at radius 3 is 2.59 bits per heavy atom. The molecular formula is C13H10N2O2. The van der Waals surface area contributed by atoms with Gasteiger partial charge < -0.3 is 10.3 Å². The van der Waals surface area contributed by atoms with Gasteiger partial charge in [-0.15, -0.1) is 0 Å². The Morgan fingerprint density at radius 2 is 1.82 bits per heavy atom. The molecule has 1 aliphatic heterocycles. The lowest BCUT2D eigenvalue weighted by Crippen LogP contribution is -2.12. The third-order valence-electron chi connectivity index (χ3n) is 2.94. The summed E-state index contributed by atoms with van der Waals surface area (Å²) in [5.74, 6) is -0.0359. The molecule has 0 fully saturated rings. The summed E-state index contributed by atoms with van der Waals surface area (Å²) in [6.45, 7) is 0.545. The second kappa shape index (κ2) is 3.59. The van der Waals surface area contributed by atoms with Crippen molar-refractivity contribution in [1.82, 2.24) is 10.3 Å². The molecule has 0 unspecified atom stereocenters. The molecule has 0 radical (unpaired) electrons. The van der Waals surface area contributed by atoms with Gasteiger partial charge in [-0.3, -0.25) is 9.59 Å². The van der Waals surface area contributed by atoms with Crippen LogP contribution in [0.5, 0.6) is 0 Å². The number of pyridine rings is 1. The molecule has 1 aromatic heterocycles. The van der Waals surface area contributed by atoms with Gasteiger partial charge in [0, 0.05) is 24.4 Å². The lowest BCUT2D eigenvalue weighted by Gasteiger charge is -2.06. The van der Waals surface area contributed by atoms with Gasteiger partial charge in [0.05, 0.1) is 0 Å². The van der Waals surface area contributed by atoms with Crippen LogP contribution in [0.2, 0.25) is 0 Å². The van der Waals surface area contributed by atoms with Crippen LogP contribution in [-0.2, 0) is 6.54 Å². The monoisotopic (exact) mass is 226 g/mol. The van der Waals surface area contributed by atoms with E-state index in [-0.39, 0.29) is 11.5 Å². The zero-order valence-corrected chi connectivity index (χ0v) is 8.99. The Hall–Kier alpha value is -2.36. The molecule has 84 valence electrons. The molecule has 2 heterocycles. The zero-order chi connectivity index (χ0) is 11.8. The summed E-state index contributed by atoms with van der Waals surface area (Å²) in [6.07, 6.45) is 1.67. The number of benzene rings is 1. The van der Waals surface area contributed by atoms with Gasteiger partial charge >= 0.3 is 0 Å². The number of carbonyl (C=O) groups excluding carboxylic acids is 1. The molecule has 1 amide bonds. The summed E-state index contributed by atoms with van der Waals surface area (Å²) < 4.78 is 0. The molecule has 17 heavy (non-hydrogen) atoms. The summed E-state index contributed by atoms with van der Waals surface area (Å²) in [7, 11) is 0. The lowest BCUT2D eigenvalue weighted by atomic mass is 9.98. The smallest absolute Gasteiger partial charge is 0.251 e. The van der Waals surface area contributed by atoms with Gasteiger partial charge in [0.25, 0.3) is 5.91 Å². The number of H-pyrrole nitrogens is 1. The van der Waals surface area contributed by atoms with E-state index in [2.05, 4.69) is 10.3 Å². The van der Waals surface area contributed by atoms with E-state index >= 15 is 0 Å². The van der Waals surface area contributed by atoms with Crippen LogP contribution < -0.4 is 10.9 Å². The van der Waals surface area contributed by atoms with Crippen LogP contribution in [0.3, 0.4) is 0 Å². The fourth-order valence-corrected chi connectivity index (χ4v) is 2.10. The predicted octanol–water partition coefficient (Wildman–Crippen LogP) is 1.29. The van der Waals surface area contributed by atoms with Crippen LogP contribution in [0.15, 0.2) is 41.3 Å². The molecule has 1 aromatic carbocycles. The minimum atomic E-state index is -0.129. The summed E-state index contributed by atoms with van der Waals surface area (Å²) in [5.41, 5.74) is 3.48. The molecule has 0 spiro atoms. The topological polar surface area (TPSA) is 62.0 Å². The summed E-state index contributed by atoms with van der Waals surface area (Å²) in [5, 5.41) is 2.80. The molecule has 0 bridgehead atoms. The average molecular weight is 226 g/mol. The normalized spacial score (nSPS) is 13.3. The molecule has 2 aromatic rings. The number of aromatic nitrogens is 1. The molecular weight excluding hydrogens is 216 g/mol. The minimum Gasteiger partial charge on any atom is -0.348 e. The fourth-order valence-electron chi connectivity index (χ4n) is 2.10. The summed E-state index contributed by atoms with van der Waals surface area (Å²) in [6, 6.07) is 8.86. The van der Waals surface area contributed by atoms with Crippen LogP contribution >= 0.6 is 0 Å². The van der Waals surface area contributed by atoms with E-state index < -0.39 is 0 Å². The number of rotatable bonds is 1. The first-order valence-electron chi connectivity index (χ1n) is 5.35. The van der Waals surface area contributed by atoms with Crippen molar-refractivity contribution in [2.75, 3.05) is 0 Å². The van der Waals surface area contributed by atoms with Crippen molar-refractivity contribution >= 4 is 5.91 Å². The highest BCUT2D eigenvalue weighted by atomic mass is 16.2. The standard InChI is InChI=1S/C13H10N2O2/c16-12-5-4-8(6-14-12)9-2-1-3-10-11(9)7-15-13(10)17/h1-6H,7H2,(H,14,16)(H,15,17). The van der Waals surface area contributed by atoms with E-state index in [1.54, 1.807) is 12.3 Å². The number of fused-ring (bicyclic) bond motifs is 1. The van der Waals surface area contributed by atoms with Crippen LogP contribution in [0.4, 0.5) is 0 Å². The minimum absolute atomic E-state index is 0.0359. The number of hydrogen-bond donors (Lipinski definition) is 2. The Labute approximate surface area is 97.3 Å². The average Bonchev–Trinajstić information content (AvgIpc) is 2.73. The van der Waals surface area contributed by atoms with Gasteiger partial charge in [0.1, 0.15) is 0 Å². The first kappa shape index (κ1) is 9.84. The summed E-state index contributed by atoms with van der Waals surface area (Å²) >= 11 is 0. The van der Waals surface area contributed by atoms with Crippen molar-refractivity contribution in [2.24, 2.45) is 0 Å². The molecule has 2 N–H and O–H groups in total. The molecule has 4 heteroatoms. The summed E-state index contributed by atoms with van der Waals surface area (Å²) in [4.78, 5) is 25.2. The molecule has 0 aliphatic carbocycles. The number of nitrogens with one attached hydrogen (secondary N) is 2. The largest absolute Gasteiger partial charge is 0.348 e. The molecule has 0 saturated carbocycles. The third kappa shape index (κ3) is 1.54. The van der Waals surface area contributed by atoms with Crippen molar-refractivity contribution < 1.29 is 4.79 Å². The van der Waals surface area contributed by atoms with E-state index in [9.17, 15) is 9.59 Å². The third-order valence-corrected chi connectivity index (χ3v) is 2.94.